The molecule has 13 heteroatoms. The molecule has 0 nitrogen and oxygen atoms in total. The summed E-state index contributed by atoms with van der Waals surface area (Å²) in [6, 6.07) is 4.69. The van der Waals surface area contributed by atoms with E-state index in [0.717, 1.165) is 18.2 Å². The molecule has 0 aliphatic rings. The SMILES string of the molecule is Cc1ccc(C(F)(F)F)c(B(c2cc(C(F)(F)F)cc(C(F)(F)F)c2)c2cc(C(F)(F)F)ccc2C)c1. The summed E-state index contributed by atoms with van der Waals surface area (Å²) in [5.41, 5.74) is -8.50. The number of halogens is 12. The Hall–Kier alpha value is -3.12. The highest BCUT2D eigenvalue weighted by molar-refractivity contribution is 6.96. The lowest BCUT2D eigenvalue weighted by molar-refractivity contribution is -0.143. The predicted molar refractivity (Wildman–Crippen MR) is 113 cm³/mol. The number of alkyl halides is 12. The van der Waals surface area contributed by atoms with Gasteiger partial charge in [-0.1, -0.05) is 70.0 Å². The van der Waals surface area contributed by atoms with Crippen LogP contribution in [0.4, 0.5) is 52.7 Å². The van der Waals surface area contributed by atoms with Gasteiger partial charge in [-0.25, -0.2) is 0 Å². The van der Waals surface area contributed by atoms with Crippen LogP contribution in [0.3, 0.4) is 0 Å². The van der Waals surface area contributed by atoms with Gasteiger partial charge in [0.2, 0.25) is 6.71 Å². The topological polar surface area (TPSA) is 0 Å². The molecule has 3 aromatic carbocycles. The van der Waals surface area contributed by atoms with Crippen LogP contribution in [0.2, 0.25) is 0 Å². The minimum Gasteiger partial charge on any atom is -0.166 e. The van der Waals surface area contributed by atoms with E-state index in [1.54, 1.807) is 0 Å². The van der Waals surface area contributed by atoms with Crippen molar-refractivity contribution in [3.8, 4) is 0 Å². The third-order valence-electron chi connectivity index (χ3n) is 5.68. The molecule has 0 saturated heterocycles. The monoisotopic (exact) mass is 542 g/mol. The Balaban J connectivity index is 2.51. The van der Waals surface area contributed by atoms with Gasteiger partial charge in [-0.2, -0.15) is 52.7 Å². The van der Waals surface area contributed by atoms with Crippen molar-refractivity contribution in [2.24, 2.45) is 0 Å². The fourth-order valence-corrected chi connectivity index (χ4v) is 3.98. The summed E-state index contributed by atoms with van der Waals surface area (Å²) in [7, 11) is 0. The highest BCUT2D eigenvalue weighted by Gasteiger charge is 2.42. The predicted octanol–water partition coefficient (Wildman–Crippen LogP) is 6.89. The van der Waals surface area contributed by atoms with Crippen LogP contribution in [0.15, 0.2) is 54.6 Å². The average molecular weight is 542 g/mol. The molecule has 0 unspecified atom stereocenters. The highest BCUT2D eigenvalue weighted by atomic mass is 19.4. The van der Waals surface area contributed by atoms with Gasteiger partial charge in [0.25, 0.3) is 0 Å². The molecule has 3 rings (SSSR count). The molecule has 0 saturated carbocycles. The Bertz CT molecular complexity index is 1260. The number of hydrogen-bond acceptors (Lipinski definition) is 0. The molecule has 0 bridgehead atoms. The Morgan fingerprint density at radius 3 is 1.46 bits per heavy atom. The Labute approximate surface area is 203 Å². The van der Waals surface area contributed by atoms with Gasteiger partial charge in [0, 0.05) is 0 Å². The van der Waals surface area contributed by atoms with Crippen molar-refractivity contribution in [1.82, 2.24) is 0 Å². The third-order valence-corrected chi connectivity index (χ3v) is 5.68. The third kappa shape index (κ3) is 6.24. The van der Waals surface area contributed by atoms with Gasteiger partial charge in [0.05, 0.1) is 22.3 Å². The van der Waals surface area contributed by atoms with Crippen LogP contribution in [0.1, 0.15) is 33.4 Å². The molecule has 0 atom stereocenters. The maximum absolute atomic E-state index is 13.9. The van der Waals surface area contributed by atoms with Crippen LogP contribution in [-0.2, 0) is 24.7 Å². The number of benzene rings is 3. The molecule has 0 N–H and O–H groups in total. The first-order chi connectivity index (χ1) is 16.7. The van der Waals surface area contributed by atoms with E-state index >= 15 is 0 Å². The number of hydrogen-bond donors (Lipinski definition) is 0. The highest BCUT2D eigenvalue weighted by Crippen LogP contribution is 2.35. The fourth-order valence-electron chi connectivity index (χ4n) is 3.98. The Kier molecular flexibility index (Phi) is 7.17. The van der Waals surface area contributed by atoms with Crippen LogP contribution in [0.5, 0.6) is 0 Å². The quantitative estimate of drug-likeness (QED) is 0.250. The van der Waals surface area contributed by atoms with Gasteiger partial charge in [-0.3, -0.25) is 0 Å². The first kappa shape index (κ1) is 28.5. The van der Waals surface area contributed by atoms with Crippen LogP contribution in [0, 0.1) is 13.8 Å². The van der Waals surface area contributed by atoms with Crippen molar-refractivity contribution >= 4 is 23.1 Å². The second-order valence-electron chi connectivity index (χ2n) is 8.43. The summed E-state index contributed by atoms with van der Waals surface area (Å²) in [6.07, 6.45) is -20.8. The largest absolute Gasteiger partial charge is 0.416 e. The zero-order chi connectivity index (χ0) is 28.1. The van der Waals surface area contributed by atoms with E-state index in [2.05, 4.69) is 0 Å². The molecular formula is C24H15BF12. The summed E-state index contributed by atoms with van der Waals surface area (Å²) in [5.74, 6) is 0. The average Bonchev–Trinajstić information content (AvgIpc) is 2.72. The summed E-state index contributed by atoms with van der Waals surface area (Å²) < 4.78 is 163. The minimum atomic E-state index is -5.33. The van der Waals surface area contributed by atoms with Gasteiger partial charge in [-0.05, 0) is 26.0 Å². The number of aryl methyl sites for hydroxylation is 2. The molecule has 0 aliphatic carbocycles. The zero-order valence-corrected chi connectivity index (χ0v) is 18.8. The maximum Gasteiger partial charge on any atom is 0.416 e. The van der Waals surface area contributed by atoms with E-state index in [9.17, 15) is 52.7 Å². The fraction of sp³-hybridized carbons (Fsp3) is 0.250. The van der Waals surface area contributed by atoms with E-state index in [-0.39, 0.29) is 29.3 Å². The molecule has 0 spiro atoms. The van der Waals surface area contributed by atoms with Crippen molar-refractivity contribution in [1.29, 1.82) is 0 Å². The van der Waals surface area contributed by atoms with Gasteiger partial charge in [0.1, 0.15) is 0 Å². The van der Waals surface area contributed by atoms with Crippen LogP contribution < -0.4 is 16.4 Å². The molecule has 0 heterocycles. The van der Waals surface area contributed by atoms with Gasteiger partial charge < -0.3 is 0 Å². The molecule has 0 amide bonds. The zero-order valence-electron chi connectivity index (χ0n) is 18.8. The lowest BCUT2D eigenvalue weighted by Crippen LogP contribution is -2.55. The normalized spacial score (nSPS) is 13.1. The second kappa shape index (κ2) is 9.32. The molecule has 0 aliphatic heterocycles. The molecule has 0 aromatic heterocycles. The lowest BCUT2D eigenvalue weighted by atomic mass is 9.35. The maximum atomic E-state index is 13.9. The summed E-state index contributed by atoms with van der Waals surface area (Å²) in [6.45, 7) is 0.471. The van der Waals surface area contributed by atoms with Crippen molar-refractivity contribution < 1.29 is 52.7 Å². The van der Waals surface area contributed by atoms with E-state index in [0.29, 0.717) is 18.2 Å². The molecule has 0 fully saturated rings. The summed E-state index contributed by atoms with van der Waals surface area (Å²) in [4.78, 5) is 0. The second-order valence-corrected chi connectivity index (χ2v) is 8.43. The van der Waals surface area contributed by atoms with Crippen LogP contribution >= 0.6 is 0 Å². The van der Waals surface area contributed by atoms with E-state index in [1.807, 2.05) is 0 Å². The van der Waals surface area contributed by atoms with Crippen LogP contribution in [-0.4, -0.2) is 6.71 Å². The number of rotatable bonds is 3. The van der Waals surface area contributed by atoms with Crippen molar-refractivity contribution in [3.05, 3.63) is 88.0 Å². The minimum absolute atomic E-state index is 0.0707. The summed E-state index contributed by atoms with van der Waals surface area (Å²) >= 11 is 0. The van der Waals surface area contributed by atoms with Gasteiger partial charge in [0.15, 0.2) is 0 Å². The Morgan fingerprint density at radius 2 is 1.00 bits per heavy atom. The first-order valence-electron chi connectivity index (χ1n) is 10.3. The molecular weight excluding hydrogens is 527 g/mol. The van der Waals surface area contributed by atoms with Crippen molar-refractivity contribution in [3.63, 3.8) is 0 Å². The Morgan fingerprint density at radius 1 is 0.486 bits per heavy atom. The van der Waals surface area contributed by atoms with E-state index in [4.69, 9.17) is 0 Å². The molecule has 37 heavy (non-hydrogen) atoms. The van der Waals surface area contributed by atoms with E-state index < -0.39 is 70.1 Å². The van der Waals surface area contributed by atoms with Crippen LogP contribution in [0.25, 0.3) is 0 Å². The summed E-state index contributed by atoms with van der Waals surface area (Å²) in [5, 5.41) is 0. The van der Waals surface area contributed by atoms with Gasteiger partial charge >= 0.3 is 24.7 Å². The first-order valence-corrected chi connectivity index (χ1v) is 10.3. The molecule has 3 aromatic rings. The van der Waals surface area contributed by atoms with Crippen molar-refractivity contribution in [2.75, 3.05) is 0 Å². The van der Waals surface area contributed by atoms with Gasteiger partial charge in [-0.15, -0.1) is 0 Å². The molecule has 0 radical (unpaired) electrons. The van der Waals surface area contributed by atoms with E-state index in [1.165, 1.54) is 13.8 Å². The lowest BCUT2D eigenvalue weighted by Gasteiger charge is -2.25. The standard InChI is InChI=1S/C24H15BF12/c1-12-3-6-18(24(35,36)37)20(7-12)25(19-11-14(21(26,27)28)5-4-13(19)2)17-9-15(22(29,30)31)8-16(10-17)23(32,33)34/h3-11H,1-2H3. The van der Waals surface area contributed by atoms with Crippen molar-refractivity contribution in [2.45, 2.75) is 38.6 Å². The smallest absolute Gasteiger partial charge is 0.166 e. The molecule has 198 valence electrons.